The van der Waals surface area contributed by atoms with E-state index in [0.29, 0.717) is 30.6 Å². The molecule has 2 aliphatic rings. The summed E-state index contributed by atoms with van der Waals surface area (Å²) in [6.45, 7) is 2.83. The maximum absolute atomic E-state index is 12.6. The number of hydrogen-bond donors (Lipinski definition) is 1. The summed E-state index contributed by atoms with van der Waals surface area (Å²) in [6, 6.07) is 0.667. The topological polar surface area (TPSA) is 67.2 Å². The Morgan fingerprint density at radius 3 is 2.57 bits per heavy atom. The number of nitrogens with one attached hydrogen (secondary N) is 1. The van der Waals surface area contributed by atoms with Gasteiger partial charge in [-0.2, -0.15) is 9.40 Å². The average molecular weight is 312 g/mol. The Labute approximate surface area is 126 Å². The van der Waals surface area contributed by atoms with Gasteiger partial charge < -0.3 is 5.32 Å². The molecule has 1 aliphatic heterocycles. The molecule has 0 aromatic carbocycles. The van der Waals surface area contributed by atoms with Crippen LogP contribution in [0.3, 0.4) is 0 Å². The van der Waals surface area contributed by atoms with Gasteiger partial charge in [0.05, 0.1) is 12.7 Å². The molecule has 1 aliphatic carbocycles. The molecule has 1 N–H and O–H groups in total. The highest BCUT2D eigenvalue weighted by Gasteiger charge is 2.26. The van der Waals surface area contributed by atoms with E-state index in [1.807, 2.05) is 0 Å². The van der Waals surface area contributed by atoms with Gasteiger partial charge in [0, 0.05) is 31.9 Å². The predicted octanol–water partition coefficient (Wildman–Crippen LogP) is 1.20. The van der Waals surface area contributed by atoms with E-state index in [0.717, 1.165) is 32.2 Å². The molecule has 1 aromatic heterocycles. The summed E-state index contributed by atoms with van der Waals surface area (Å²) in [7, 11) is -3.36. The van der Waals surface area contributed by atoms with Gasteiger partial charge in [-0.25, -0.2) is 8.42 Å². The Kier molecular flexibility index (Phi) is 4.61. The largest absolute Gasteiger partial charge is 0.312 e. The van der Waals surface area contributed by atoms with Crippen molar-refractivity contribution >= 4 is 10.0 Å². The molecule has 1 saturated carbocycles. The normalized spacial score (nSPS) is 21.3. The second kappa shape index (κ2) is 6.46. The monoisotopic (exact) mass is 312 g/mol. The Bertz CT molecular complexity index is 557. The molecule has 0 bridgehead atoms. The van der Waals surface area contributed by atoms with Gasteiger partial charge in [0.15, 0.2) is 0 Å². The van der Waals surface area contributed by atoms with Crippen molar-refractivity contribution in [3.05, 3.63) is 12.4 Å². The van der Waals surface area contributed by atoms with Crippen LogP contribution < -0.4 is 5.32 Å². The number of hydrogen-bond acceptors (Lipinski definition) is 4. The molecule has 21 heavy (non-hydrogen) atoms. The first-order chi connectivity index (χ1) is 10.2. The Morgan fingerprint density at radius 1 is 1.19 bits per heavy atom. The third-order valence-corrected chi connectivity index (χ3v) is 6.02. The minimum Gasteiger partial charge on any atom is -0.312 e. The van der Waals surface area contributed by atoms with E-state index in [1.165, 1.54) is 19.0 Å². The van der Waals surface area contributed by atoms with E-state index in [4.69, 9.17) is 0 Å². The van der Waals surface area contributed by atoms with Crippen LogP contribution in [-0.2, 0) is 16.6 Å². The molecule has 1 saturated heterocycles. The van der Waals surface area contributed by atoms with E-state index in [1.54, 1.807) is 15.2 Å². The van der Waals surface area contributed by atoms with E-state index in [9.17, 15) is 8.42 Å². The first kappa shape index (κ1) is 15.0. The van der Waals surface area contributed by atoms with Crippen LogP contribution in [0, 0.1) is 0 Å². The van der Waals surface area contributed by atoms with Crippen LogP contribution in [-0.4, -0.2) is 48.2 Å². The molecule has 118 valence electrons. The second-order valence-electron chi connectivity index (χ2n) is 5.99. The molecule has 0 unspecified atom stereocenters. The average Bonchev–Trinajstić information content (AvgIpc) is 3.21. The summed E-state index contributed by atoms with van der Waals surface area (Å²) in [6.07, 6.45) is 9.82. The fourth-order valence-corrected chi connectivity index (χ4v) is 4.17. The van der Waals surface area contributed by atoms with Crippen molar-refractivity contribution < 1.29 is 8.42 Å². The van der Waals surface area contributed by atoms with Gasteiger partial charge in [-0.1, -0.05) is 12.8 Å². The molecule has 2 heterocycles. The highest BCUT2D eigenvalue weighted by Crippen LogP contribution is 2.20. The summed E-state index contributed by atoms with van der Waals surface area (Å²) < 4.78 is 28.5. The number of rotatable bonds is 6. The minimum absolute atomic E-state index is 0.329. The highest BCUT2D eigenvalue weighted by atomic mass is 32.2. The highest BCUT2D eigenvalue weighted by molar-refractivity contribution is 7.89. The molecule has 7 heteroatoms. The SMILES string of the molecule is O=S(=O)(c1cnn(CCNC2CC2)c1)N1CCCCCC1. The first-order valence-corrected chi connectivity index (χ1v) is 9.36. The van der Waals surface area contributed by atoms with Crippen molar-refractivity contribution in [3.63, 3.8) is 0 Å². The van der Waals surface area contributed by atoms with Gasteiger partial charge in [0.2, 0.25) is 10.0 Å². The van der Waals surface area contributed by atoms with E-state index < -0.39 is 10.0 Å². The fourth-order valence-electron chi connectivity index (χ4n) is 2.70. The van der Waals surface area contributed by atoms with Crippen molar-refractivity contribution in [1.29, 1.82) is 0 Å². The van der Waals surface area contributed by atoms with Crippen molar-refractivity contribution in [2.45, 2.75) is 56.0 Å². The molecule has 1 aromatic rings. The van der Waals surface area contributed by atoms with Crippen molar-refractivity contribution in [3.8, 4) is 0 Å². The van der Waals surface area contributed by atoms with Gasteiger partial charge in [-0.05, 0) is 25.7 Å². The molecule has 0 spiro atoms. The summed E-state index contributed by atoms with van der Waals surface area (Å²) in [5, 5.41) is 7.59. The van der Waals surface area contributed by atoms with Gasteiger partial charge in [-0.3, -0.25) is 4.68 Å². The van der Waals surface area contributed by atoms with Crippen LogP contribution in [0.15, 0.2) is 17.3 Å². The van der Waals surface area contributed by atoms with Gasteiger partial charge in [0.1, 0.15) is 4.90 Å². The first-order valence-electron chi connectivity index (χ1n) is 7.92. The summed E-state index contributed by atoms with van der Waals surface area (Å²) in [5.74, 6) is 0. The lowest BCUT2D eigenvalue weighted by molar-refractivity contribution is 0.423. The molecule has 6 nitrogen and oxygen atoms in total. The van der Waals surface area contributed by atoms with Crippen LogP contribution in [0.25, 0.3) is 0 Å². The summed E-state index contributed by atoms with van der Waals surface area (Å²) >= 11 is 0. The third kappa shape index (κ3) is 3.84. The lowest BCUT2D eigenvalue weighted by atomic mass is 10.2. The maximum Gasteiger partial charge on any atom is 0.246 e. The lowest BCUT2D eigenvalue weighted by Crippen LogP contribution is -2.31. The van der Waals surface area contributed by atoms with Crippen LogP contribution in [0.5, 0.6) is 0 Å². The zero-order valence-corrected chi connectivity index (χ0v) is 13.2. The minimum atomic E-state index is -3.36. The van der Waals surface area contributed by atoms with Crippen LogP contribution in [0.1, 0.15) is 38.5 Å². The standard InChI is InChI=1S/C14H24N4O2S/c19-21(20,18-8-3-1-2-4-9-18)14-11-16-17(12-14)10-7-15-13-5-6-13/h11-13,15H,1-10H2. The van der Waals surface area contributed by atoms with Gasteiger partial charge in [-0.15, -0.1) is 0 Å². The summed E-state index contributed by atoms with van der Waals surface area (Å²) in [5.41, 5.74) is 0. The summed E-state index contributed by atoms with van der Waals surface area (Å²) in [4.78, 5) is 0.329. The molecule has 0 radical (unpaired) electrons. The maximum atomic E-state index is 12.6. The number of nitrogens with zero attached hydrogens (tertiary/aromatic N) is 3. The van der Waals surface area contributed by atoms with E-state index in [-0.39, 0.29) is 0 Å². The Morgan fingerprint density at radius 2 is 1.90 bits per heavy atom. The quantitative estimate of drug-likeness (QED) is 0.857. The molecule has 0 atom stereocenters. The number of sulfonamides is 1. The predicted molar refractivity (Wildman–Crippen MR) is 80.5 cm³/mol. The third-order valence-electron chi connectivity index (χ3n) is 4.16. The van der Waals surface area contributed by atoms with Gasteiger partial charge >= 0.3 is 0 Å². The molecule has 0 amide bonds. The van der Waals surface area contributed by atoms with E-state index >= 15 is 0 Å². The Balaban J connectivity index is 1.62. The molecular formula is C14H24N4O2S. The molecular weight excluding hydrogens is 288 g/mol. The molecule has 3 rings (SSSR count). The second-order valence-corrected chi connectivity index (χ2v) is 7.92. The lowest BCUT2D eigenvalue weighted by Gasteiger charge is -2.18. The smallest absolute Gasteiger partial charge is 0.246 e. The number of aromatic nitrogens is 2. The van der Waals surface area contributed by atoms with Crippen LogP contribution in [0.4, 0.5) is 0 Å². The Hall–Kier alpha value is -0.920. The molecule has 2 fully saturated rings. The van der Waals surface area contributed by atoms with Crippen molar-refractivity contribution in [2.75, 3.05) is 19.6 Å². The van der Waals surface area contributed by atoms with Crippen LogP contribution in [0.2, 0.25) is 0 Å². The zero-order chi connectivity index (χ0) is 14.7. The van der Waals surface area contributed by atoms with E-state index in [2.05, 4.69) is 10.4 Å². The van der Waals surface area contributed by atoms with Crippen molar-refractivity contribution in [1.82, 2.24) is 19.4 Å². The fraction of sp³-hybridized carbons (Fsp3) is 0.786. The van der Waals surface area contributed by atoms with Crippen molar-refractivity contribution in [2.24, 2.45) is 0 Å². The van der Waals surface area contributed by atoms with Gasteiger partial charge in [0.25, 0.3) is 0 Å². The van der Waals surface area contributed by atoms with Crippen LogP contribution >= 0.6 is 0 Å². The zero-order valence-electron chi connectivity index (χ0n) is 12.4.